The smallest absolute Gasteiger partial charge is 0.344 e. The number of anilines is 1. The maximum absolute atomic E-state index is 12.6. The largest absolute Gasteiger partial charge is 0.494 e. The standard InChI is InChI=1S/C25H25NO5/c1-3-29-20-13-15-21(16-14-20)30-17-24(27)31-18(2)25(28)26-23-12-8-7-11-22(23)19-9-5-4-6-10-19/h4-16,18H,3,17H2,1-2H3,(H,26,28)/t18-/m0/s1. The molecule has 1 atom stereocenters. The van der Waals surface area contributed by atoms with Gasteiger partial charge < -0.3 is 19.5 Å². The number of nitrogens with one attached hydrogen (secondary N) is 1. The lowest BCUT2D eigenvalue weighted by Crippen LogP contribution is -2.31. The van der Waals surface area contributed by atoms with Crippen molar-refractivity contribution in [3.05, 3.63) is 78.9 Å². The zero-order chi connectivity index (χ0) is 22.1. The third-order valence-electron chi connectivity index (χ3n) is 4.44. The maximum Gasteiger partial charge on any atom is 0.344 e. The van der Waals surface area contributed by atoms with Gasteiger partial charge in [0.2, 0.25) is 0 Å². The van der Waals surface area contributed by atoms with Gasteiger partial charge in [0.25, 0.3) is 5.91 Å². The molecule has 0 heterocycles. The second-order valence-electron chi connectivity index (χ2n) is 6.73. The van der Waals surface area contributed by atoms with Crippen LogP contribution in [0.3, 0.4) is 0 Å². The average Bonchev–Trinajstić information content (AvgIpc) is 2.79. The number of amides is 1. The van der Waals surface area contributed by atoms with E-state index < -0.39 is 18.0 Å². The second-order valence-corrected chi connectivity index (χ2v) is 6.73. The first-order valence-corrected chi connectivity index (χ1v) is 10.1. The summed E-state index contributed by atoms with van der Waals surface area (Å²) in [5.41, 5.74) is 2.51. The molecule has 0 radical (unpaired) electrons. The van der Waals surface area contributed by atoms with Gasteiger partial charge in [0.15, 0.2) is 12.7 Å². The summed E-state index contributed by atoms with van der Waals surface area (Å²) in [6.45, 7) is 3.70. The van der Waals surface area contributed by atoms with E-state index in [1.54, 1.807) is 24.3 Å². The highest BCUT2D eigenvalue weighted by Crippen LogP contribution is 2.27. The van der Waals surface area contributed by atoms with Crippen molar-refractivity contribution in [1.82, 2.24) is 0 Å². The molecule has 0 bridgehead atoms. The molecule has 0 spiro atoms. The molecule has 0 aliphatic carbocycles. The Morgan fingerprint density at radius 1 is 0.839 bits per heavy atom. The third kappa shape index (κ3) is 6.34. The Kier molecular flexibility index (Phi) is 7.65. The first kappa shape index (κ1) is 21.9. The summed E-state index contributed by atoms with van der Waals surface area (Å²) in [6.07, 6.45) is -0.972. The van der Waals surface area contributed by atoms with E-state index in [9.17, 15) is 9.59 Å². The molecule has 31 heavy (non-hydrogen) atoms. The van der Waals surface area contributed by atoms with Crippen molar-refractivity contribution >= 4 is 17.6 Å². The molecule has 0 fully saturated rings. The van der Waals surface area contributed by atoms with Crippen molar-refractivity contribution in [3.8, 4) is 22.6 Å². The van der Waals surface area contributed by atoms with E-state index in [2.05, 4.69) is 5.32 Å². The van der Waals surface area contributed by atoms with Crippen molar-refractivity contribution in [2.75, 3.05) is 18.5 Å². The Labute approximate surface area is 181 Å². The minimum atomic E-state index is -0.972. The molecule has 0 saturated carbocycles. The number of carbonyl (C=O) groups excluding carboxylic acids is 2. The Morgan fingerprint density at radius 2 is 1.45 bits per heavy atom. The lowest BCUT2D eigenvalue weighted by molar-refractivity contribution is -0.155. The van der Waals surface area contributed by atoms with E-state index in [-0.39, 0.29) is 6.61 Å². The monoisotopic (exact) mass is 419 g/mol. The van der Waals surface area contributed by atoms with Crippen LogP contribution < -0.4 is 14.8 Å². The average molecular weight is 419 g/mol. The summed E-state index contributed by atoms with van der Waals surface area (Å²) in [6, 6.07) is 24.1. The van der Waals surface area contributed by atoms with Gasteiger partial charge in [-0.05, 0) is 49.7 Å². The molecule has 0 aliphatic rings. The highest BCUT2D eigenvalue weighted by atomic mass is 16.6. The van der Waals surface area contributed by atoms with Crippen LogP contribution in [0.1, 0.15) is 13.8 Å². The SMILES string of the molecule is CCOc1ccc(OCC(=O)O[C@@H](C)C(=O)Nc2ccccc2-c2ccccc2)cc1. The predicted molar refractivity (Wildman–Crippen MR) is 119 cm³/mol. The molecule has 0 aliphatic heterocycles. The van der Waals surface area contributed by atoms with E-state index in [1.165, 1.54) is 6.92 Å². The quantitative estimate of drug-likeness (QED) is 0.509. The molecular weight excluding hydrogens is 394 g/mol. The lowest BCUT2D eigenvalue weighted by Gasteiger charge is -2.16. The minimum absolute atomic E-state index is 0.299. The third-order valence-corrected chi connectivity index (χ3v) is 4.44. The number of hydrogen-bond donors (Lipinski definition) is 1. The van der Waals surface area contributed by atoms with E-state index in [4.69, 9.17) is 14.2 Å². The summed E-state index contributed by atoms with van der Waals surface area (Å²) in [4.78, 5) is 24.7. The van der Waals surface area contributed by atoms with Crippen molar-refractivity contribution in [2.24, 2.45) is 0 Å². The molecule has 160 valence electrons. The van der Waals surface area contributed by atoms with Crippen LogP contribution in [-0.4, -0.2) is 31.2 Å². The summed E-state index contributed by atoms with van der Waals surface area (Å²) >= 11 is 0. The highest BCUT2D eigenvalue weighted by Gasteiger charge is 2.19. The fourth-order valence-electron chi connectivity index (χ4n) is 2.92. The first-order chi connectivity index (χ1) is 15.1. The number of rotatable bonds is 9. The van der Waals surface area contributed by atoms with Crippen LogP contribution in [0.25, 0.3) is 11.1 Å². The van der Waals surface area contributed by atoms with Gasteiger partial charge in [-0.15, -0.1) is 0 Å². The van der Waals surface area contributed by atoms with Crippen LogP contribution in [0.2, 0.25) is 0 Å². The van der Waals surface area contributed by atoms with Gasteiger partial charge in [0.05, 0.1) is 6.61 Å². The molecule has 3 rings (SSSR count). The van der Waals surface area contributed by atoms with Crippen LogP contribution in [-0.2, 0) is 14.3 Å². The van der Waals surface area contributed by atoms with Crippen LogP contribution in [0, 0.1) is 0 Å². The molecule has 1 N–H and O–H groups in total. The van der Waals surface area contributed by atoms with E-state index in [0.717, 1.165) is 16.9 Å². The number of carbonyl (C=O) groups is 2. The normalized spacial score (nSPS) is 11.3. The van der Waals surface area contributed by atoms with E-state index in [0.29, 0.717) is 18.0 Å². The van der Waals surface area contributed by atoms with Crippen LogP contribution in [0.4, 0.5) is 5.69 Å². The fourth-order valence-corrected chi connectivity index (χ4v) is 2.92. The van der Waals surface area contributed by atoms with Crippen LogP contribution >= 0.6 is 0 Å². The Hall–Kier alpha value is -3.80. The molecular formula is C25H25NO5. The summed E-state index contributed by atoms with van der Waals surface area (Å²) in [5, 5.41) is 2.84. The van der Waals surface area contributed by atoms with Gasteiger partial charge >= 0.3 is 5.97 Å². The molecule has 0 unspecified atom stereocenters. The zero-order valence-electron chi connectivity index (χ0n) is 17.5. The van der Waals surface area contributed by atoms with Crippen molar-refractivity contribution in [2.45, 2.75) is 20.0 Å². The van der Waals surface area contributed by atoms with Crippen molar-refractivity contribution < 1.29 is 23.8 Å². The number of esters is 1. The second kappa shape index (κ2) is 10.8. The van der Waals surface area contributed by atoms with Gasteiger partial charge in [-0.25, -0.2) is 4.79 Å². The number of para-hydroxylation sites is 1. The number of hydrogen-bond acceptors (Lipinski definition) is 5. The minimum Gasteiger partial charge on any atom is -0.494 e. The van der Waals surface area contributed by atoms with Gasteiger partial charge in [0.1, 0.15) is 11.5 Å². The number of ether oxygens (including phenoxy) is 3. The zero-order valence-corrected chi connectivity index (χ0v) is 17.5. The molecule has 3 aromatic rings. The summed E-state index contributed by atoms with van der Waals surface area (Å²) in [5.74, 6) is 0.179. The summed E-state index contributed by atoms with van der Waals surface area (Å²) in [7, 11) is 0. The van der Waals surface area contributed by atoms with Crippen molar-refractivity contribution in [1.29, 1.82) is 0 Å². The summed E-state index contributed by atoms with van der Waals surface area (Å²) < 4.78 is 16.0. The van der Waals surface area contributed by atoms with Gasteiger partial charge in [-0.1, -0.05) is 48.5 Å². The number of benzene rings is 3. The molecule has 1 amide bonds. The molecule has 6 nitrogen and oxygen atoms in total. The first-order valence-electron chi connectivity index (χ1n) is 10.1. The highest BCUT2D eigenvalue weighted by molar-refractivity contribution is 5.98. The predicted octanol–water partition coefficient (Wildman–Crippen LogP) is 4.70. The van der Waals surface area contributed by atoms with Gasteiger partial charge in [-0.3, -0.25) is 4.79 Å². The van der Waals surface area contributed by atoms with Crippen LogP contribution in [0.5, 0.6) is 11.5 Å². The van der Waals surface area contributed by atoms with Gasteiger partial charge in [-0.2, -0.15) is 0 Å². The van der Waals surface area contributed by atoms with E-state index in [1.807, 2.05) is 61.5 Å². The Morgan fingerprint density at radius 3 is 2.13 bits per heavy atom. The fraction of sp³-hybridized carbons (Fsp3) is 0.200. The maximum atomic E-state index is 12.6. The Balaban J connectivity index is 1.53. The molecule has 6 heteroatoms. The topological polar surface area (TPSA) is 73.9 Å². The van der Waals surface area contributed by atoms with Crippen LogP contribution in [0.15, 0.2) is 78.9 Å². The molecule has 0 aromatic heterocycles. The van der Waals surface area contributed by atoms with Crippen molar-refractivity contribution in [3.63, 3.8) is 0 Å². The molecule has 0 saturated heterocycles. The molecule has 3 aromatic carbocycles. The lowest BCUT2D eigenvalue weighted by atomic mass is 10.0. The Bertz CT molecular complexity index is 1000. The van der Waals surface area contributed by atoms with E-state index >= 15 is 0 Å². The van der Waals surface area contributed by atoms with Gasteiger partial charge in [0, 0.05) is 11.3 Å².